The zero-order valence-electron chi connectivity index (χ0n) is 19.1. The summed E-state index contributed by atoms with van der Waals surface area (Å²) in [5, 5.41) is 16.6. The second kappa shape index (κ2) is 8.70. The number of benzene rings is 2. The number of ether oxygens (including phenoxy) is 2. The summed E-state index contributed by atoms with van der Waals surface area (Å²) in [7, 11) is 0. The van der Waals surface area contributed by atoms with Gasteiger partial charge < -0.3 is 20.1 Å². The molecule has 1 aromatic heterocycles. The summed E-state index contributed by atoms with van der Waals surface area (Å²) < 4.78 is 12.6. The summed E-state index contributed by atoms with van der Waals surface area (Å²) in [5.41, 5.74) is 0.628. The third kappa shape index (κ3) is 4.14. The Hall–Kier alpha value is -4.48. The van der Waals surface area contributed by atoms with Crippen molar-refractivity contribution in [1.82, 2.24) is 35.7 Å². The lowest BCUT2D eigenvalue weighted by Crippen LogP contribution is -2.43. The van der Waals surface area contributed by atoms with Crippen LogP contribution in [-0.2, 0) is 15.1 Å². The number of imide groups is 1. The van der Waals surface area contributed by atoms with Crippen molar-refractivity contribution in [2.75, 3.05) is 19.8 Å². The Kier molecular flexibility index (Phi) is 5.55. The van der Waals surface area contributed by atoms with E-state index in [0.717, 1.165) is 10.5 Å². The fourth-order valence-electron chi connectivity index (χ4n) is 4.12. The first-order valence-electron chi connectivity index (χ1n) is 11.0. The number of carbonyl (C=O) groups excluding carboxylic acids is 3. The molecular weight excluding hydrogens is 454 g/mol. The van der Waals surface area contributed by atoms with Gasteiger partial charge in [-0.3, -0.25) is 14.5 Å². The Balaban J connectivity index is 1.28. The van der Waals surface area contributed by atoms with Gasteiger partial charge in [-0.1, -0.05) is 18.2 Å². The third-order valence-corrected chi connectivity index (χ3v) is 6.06. The summed E-state index contributed by atoms with van der Waals surface area (Å²) in [6.07, 6.45) is 1.43. The van der Waals surface area contributed by atoms with Crippen molar-refractivity contribution >= 4 is 17.8 Å². The molecule has 0 saturated carbocycles. The minimum Gasteiger partial charge on any atom is -0.486 e. The van der Waals surface area contributed by atoms with Gasteiger partial charge in [0.25, 0.3) is 5.91 Å². The van der Waals surface area contributed by atoms with Crippen molar-refractivity contribution in [3.05, 3.63) is 59.9 Å². The van der Waals surface area contributed by atoms with Crippen molar-refractivity contribution in [2.45, 2.75) is 25.4 Å². The average Bonchev–Trinajstić information content (AvgIpc) is 3.48. The van der Waals surface area contributed by atoms with Crippen molar-refractivity contribution in [2.24, 2.45) is 0 Å². The van der Waals surface area contributed by atoms with Gasteiger partial charge in [0.1, 0.15) is 31.6 Å². The lowest BCUT2D eigenvalue weighted by molar-refractivity contribution is -0.135. The summed E-state index contributed by atoms with van der Waals surface area (Å²) in [6.45, 7) is 3.94. The van der Waals surface area contributed by atoms with Gasteiger partial charge in [-0.25, -0.2) is 9.48 Å². The molecule has 12 nitrogen and oxygen atoms in total. The van der Waals surface area contributed by atoms with Crippen LogP contribution in [0.3, 0.4) is 0 Å². The van der Waals surface area contributed by atoms with Crippen LogP contribution in [0.4, 0.5) is 4.79 Å². The molecule has 0 unspecified atom stereocenters. The summed E-state index contributed by atoms with van der Waals surface area (Å²) in [4.78, 5) is 39.6. The van der Waals surface area contributed by atoms with E-state index in [4.69, 9.17) is 9.47 Å². The minimum absolute atomic E-state index is 0.376. The highest BCUT2D eigenvalue weighted by Gasteiger charge is 2.49. The average molecular weight is 477 g/mol. The number of nitrogens with zero attached hydrogens (tertiary/aromatic N) is 5. The molecular formula is C23H23N7O5. The molecule has 3 heterocycles. The second-order valence-corrected chi connectivity index (χ2v) is 8.44. The van der Waals surface area contributed by atoms with Crippen LogP contribution in [0.1, 0.15) is 31.0 Å². The number of fused-ring (bicyclic) bond motifs is 1. The molecule has 2 atom stereocenters. The maximum atomic E-state index is 13.3. The predicted molar refractivity (Wildman–Crippen MR) is 121 cm³/mol. The van der Waals surface area contributed by atoms with Crippen LogP contribution >= 0.6 is 0 Å². The largest absolute Gasteiger partial charge is 0.486 e. The molecule has 2 aliphatic rings. The maximum Gasteiger partial charge on any atom is 0.325 e. The molecule has 1 fully saturated rings. The number of tetrazole rings is 1. The van der Waals surface area contributed by atoms with E-state index in [2.05, 4.69) is 26.2 Å². The lowest BCUT2D eigenvalue weighted by atomic mass is 9.91. The Labute approximate surface area is 200 Å². The van der Waals surface area contributed by atoms with E-state index in [1.54, 1.807) is 37.3 Å². The van der Waals surface area contributed by atoms with E-state index in [1.165, 1.54) is 11.0 Å². The molecule has 3 aromatic rings. The van der Waals surface area contributed by atoms with Gasteiger partial charge >= 0.3 is 6.03 Å². The number of urea groups is 1. The highest BCUT2D eigenvalue weighted by atomic mass is 16.6. The quantitative estimate of drug-likeness (QED) is 0.503. The zero-order valence-corrected chi connectivity index (χ0v) is 19.1. The van der Waals surface area contributed by atoms with E-state index in [1.807, 2.05) is 19.1 Å². The monoisotopic (exact) mass is 477 g/mol. The van der Waals surface area contributed by atoms with E-state index < -0.39 is 29.9 Å². The standard InChI is InChI=1S/C23H23N7O5/c1-14(15-6-7-18-19(10-15)35-9-8-34-18)25-20(31)12-29-21(32)23(2,26-22(29)33)16-4-3-5-17(11-16)30-13-24-27-28-30/h3-7,10-11,13-14H,8-9,12H2,1-2H3,(H,25,31)(H,26,33)/t14-,23-/m0/s1. The van der Waals surface area contributed by atoms with Crippen LogP contribution in [0.2, 0.25) is 0 Å². The van der Waals surface area contributed by atoms with Crippen molar-refractivity contribution < 1.29 is 23.9 Å². The lowest BCUT2D eigenvalue weighted by Gasteiger charge is -2.23. The number of amides is 4. The van der Waals surface area contributed by atoms with Crippen molar-refractivity contribution in [3.63, 3.8) is 0 Å². The molecule has 2 N–H and O–H groups in total. The molecule has 2 aromatic carbocycles. The van der Waals surface area contributed by atoms with Gasteiger partial charge in [-0.2, -0.15) is 0 Å². The smallest absolute Gasteiger partial charge is 0.325 e. The van der Waals surface area contributed by atoms with E-state index in [0.29, 0.717) is 36.0 Å². The SMILES string of the molecule is C[C@H](NC(=O)CN1C(=O)N[C@@](C)(c2cccc(-n3cnnn3)c2)C1=O)c1ccc2c(c1)OCCO2. The third-order valence-electron chi connectivity index (χ3n) is 6.06. The summed E-state index contributed by atoms with van der Waals surface area (Å²) in [5.74, 6) is 0.269. The molecule has 0 spiro atoms. The predicted octanol–water partition coefficient (Wildman–Crippen LogP) is 1.08. The van der Waals surface area contributed by atoms with Gasteiger partial charge in [0, 0.05) is 0 Å². The van der Waals surface area contributed by atoms with E-state index >= 15 is 0 Å². The van der Waals surface area contributed by atoms with Crippen molar-refractivity contribution in [3.8, 4) is 17.2 Å². The molecule has 2 aliphatic heterocycles. The summed E-state index contributed by atoms with van der Waals surface area (Å²) >= 11 is 0. The first-order valence-corrected chi connectivity index (χ1v) is 11.0. The zero-order chi connectivity index (χ0) is 24.6. The van der Waals surface area contributed by atoms with Gasteiger partial charge in [0.05, 0.1) is 11.7 Å². The Morgan fingerprint density at radius 3 is 2.74 bits per heavy atom. The second-order valence-electron chi connectivity index (χ2n) is 8.44. The van der Waals surface area contributed by atoms with Gasteiger partial charge in [0.2, 0.25) is 5.91 Å². The molecule has 1 saturated heterocycles. The van der Waals surface area contributed by atoms with E-state index in [9.17, 15) is 14.4 Å². The van der Waals surface area contributed by atoms with Crippen LogP contribution in [-0.4, -0.2) is 62.7 Å². The first-order chi connectivity index (χ1) is 16.8. The number of carbonyl (C=O) groups is 3. The number of hydrogen-bond donors (Lipinski definition) is 2. The Bertz CT molecular complexity index is 1300. The molecule has 35 heavy (non-hydrogen) atoms. The van der Waals surface area contributed by atoms with E-state index in [-0.39, 0.29) is 6.04 Å². The fourth-order valence-corrected chi connectivity index (χ4v) is 4.12. The number of aromatic nitrogens is 4. The van der Waals surface area contributed by atoms with Gasteiger partial charge in [-0.05, 0) is 59.7 Å². The van der Waals surface area contributed by atoms with Gasteiger partial charge in [0.15, 0.2) is 11.5 Å². The highest BCUT2D eigenvalue weighted by Crippen LogP contribution is 2.33. The minimum atomic E-state index is -1.34. The Morgan fingerprint density at radius 2 is 1.97 bits per heavy atom. The molecule has 180 valence electrons. The van der Waals surface area contributed by atoms with Crippen LogP contribution in [0.25, 0.3) is 5.69 Å². The number of rotatable bonds is 6. The maximum absolute atomic E-state index is 13.3. The fraction of sp³-hybridized carbons (Fsp3) is 0.304. The molecule has 5 rings (SSSR count). The number of hydrogen-bond acceptors (Lipinski definition) is 8. The highest BCUT2D eigenvalue weighted by molar-refractivity contribution is 6.09. The van der Waals surface area contributed by atoms with Gasteiger partial charge in [-0.15, -0.1) is 5.10 Å². The molecule has 12 heteroatoms. The van der Waals surface area contributed by atoms with Crippen LogP contribution < -0.4 is 20.1 Å². The first kappa shape index (κ1) is 22.3. The van der Waals surface area contributed by atoms with Crippen molar-refractivity contribution in [1.29, 1.82) is 0 Å². The normalized spacial score (nSPS) is 19.9. The Morgan fingerprint density at radius 1 is 1.17 bits per heavy atom. The molecule has 0 aliphatic carbocycles. The number of nitrogens with one attached hydrogen (secondary N) is 2. The molecule has 0 radical (unpaired) electrons. The van der Waals surface area contributed by atoms with Crippen LogP contribution in [0.5, 0.6) is 11.5 Å². The molecule has 4 amide bonds. The summed E-state index contributed by atoms with van der Waals surface area (Å²) in [6, 6.07) is 11.4. The molecule has 0 bridgehead atoms. The van der Waals surface area contributed by atoms with Crippen LogP contribution in [0, 0.1) is 0 Å². The van der Waals surface area contributed by atoms with Crippen LogP contribution in [0.15, 0.2) is 48.8 Å². The topological polar surface area (TPSA) is 141 Å².